The summed E-state index contributed by atoms with van der Waals surface area (Å²) in [5, 5.41) is 9.36. The van der Waals surface area contributed by atoms with Crippen molar-refractivity contribution in [3.63, 3.8) is 0 Å². The predicted octanol–water partition coefficient (Wildman–Crippen LogP) is 2.91. The summed E-state index contributed by atoms with van der Waals surface area (Å²) in [6, 6.07) is 14.1. The molecule has 118 valence electrons. The second-order valence-corrected chi connectivity index (χ2v) is 5.46. The Hall–Kier alpha value is -3.41. The van der Waals surface area contributed by atoms with E-state index in [1.165, 1.54) is 0 Å². The second-order valence-electron chi connectivity index (χ2n) is 5.46. The van der Waals surface area contributed by atoms with Crippen LogP contribution >= 0.6 is 0 Å². The molecule has 6 nitrogen and oxygen atoms in total. The van der Waals surface area contributed by atoms with Gasteiger partial charge < -0.3 is 9.72 Å². The number of hydrogen-bond acceptors (Lipinski definition) is 3. The minimum Gasteiger partial charge on any atom is -0.323 e. The van der Waals surface area contributed by atoms with Crippen LogP contribution in [0.15, 0.2) is 67.4 Å². The number of aromatic amines is 1. The molecule has 0 fully saturated rings. The van der Waals surface area contributed by atoms with E-state index in [-0.39, 0.29) is 12.3 Å². The van der Waals surface area contributed by atoms with Gasteiger partial charge in [-0.25, -0.2) is 4.98 Å². The summed E-state index contributed by atoms with van der Waals surface area (Å²) in [7, 11) is 0. The van der Waals surface area contributed by atoms with E-state index in [1.54, 1.807) is 24.9 Å². The van der Waals surface area contributed by atoms with Crippen LogP contribution < -0.4 is 5.32 Å². The number of pyridine rings is 1. The number of carbonyl (C=O) groups is 1. The molecule has 4 aromatic rings. The average molecular weight is 317 g/mol. The third kappa shape index (κ3) is 2.65. The van der Waals surface area contributed by atoms with Crippen molar-refractivity contribution < 1.29 is 4.79 Å². The number of rotatable bonds is 4. The summed E-state index contributed by atoms with van der Waals surface area (Å²) in [5.41, 5.74) is 4.60. The van der Waals surface area contributed by atoms with Gasteiger partial charge in [0, 0.05) is 17.5 Å². The Morgan fingerprint density at radius 3 is 2.79 bits per heavy atom. The summed E-state index contributed by atoms with van der Waals surface area (Å²) in [5.74, 6) is -0.102. The molecule has 2 N–H and O–H groups in total. The molecule has 0 aliphatic heterocycles. The van der Waals surface area contributed by atoms with Crippen molar-refractivity contribution in [2.45, 2.75) is 6.42 Å². The zero-order valence-corrected chi connectivity index (χ0v) is 12.8. The van der Waals surface area contributed by atoms with Gasteiger partial charge in [0.15, 0.2) is 0 Å². The third-order valence-electron chi connectivity index (χ3n) is 3.88. The van der Waals surface area contributed by atoms with Crippen molar-refractivity contribution in [3.8, 4) is 11.1 Å². The van der Waals surface area contributed by atoms with E-state index in [9.17, 15) is 4.79 Å². The molecule has 0 atom stereocenters. The lowest BCUT2D eigenvalue weighted by Crippen LogP contribution is -2.16. The average Bonchev–Trinajstić information content (AvgIpc) is 3.27. The highest BCUT2D eigenvalue weighted by Crippen LogP contribution is 2.25. The van der Waals surface area contributed by atoms with Crippen molar-refractivity contribution >= 4 is 17.1 Å². The smallest absolute Gasteiger partial charge is 0.230 e. The van der Waals surface area contributed by atoms with E-state index in [1.807, 2.05) is 46.9 Å². The summed E-state index contributed by atoms with van der Waals surface area (Å²) in [6.07, 6.45) is 6.99. The zero-order chi connectivity index (χ0) is 16.4. The van der Waals surface area contributed by atoms with Crippen LogP contribution in [0.3, 0.4) is 0 Å². The van der Waals surface area contributed by atoms with Gasteiger partial charge in [-0.2, -0.15) is 5.10 Å². The fraction of sp³-hybridized carbons (Fsp3) is 0.0556. The first-order valence-electron chi connectivity index (χ1n) is 7.59. The van der Waals surface area contributed by atoms with Crippen molar-refractivity contribution in [3.05, 3.63) is 73.1 Å². The van der Waals surface area contributed by atoms with E-state index in [0.29, 0.717) is 5.69 Å². The molecule has 0 unspecified atom stereocenters. The minimum atomic E-state index is -0.102. The van der Waals surface area contributed by atoms with E-state index in [0.717, 1.165) is 22.3 Å². The number of hydrogen-bond donors (Lipinski definition) is 2. The molecule has 1 aromatic carbocycles. The van der Waals surface area contributed by atoms with Crippen LogP contribution in [-0.4, -0.2) is 25.5 Å². The molecule has 0 saturated heterocycles. The first-order valence-corrected chi connectivity index (χ1v) is 7.59. The van der Waals surface area contributed by atoms with Crippen LogP contribution in [0.25, 0.3) is 16.6 Å². The van der Waals surface area contributed by atoms with Crippen molar-refractivity contribution in [1.29, 1.82) is 0 Å². The van der Waals surface area contributed by atoms with Gasteiger partial charge in [0.25, 0.3) is 0 Å². The number of H-pyrrole nitrogens is 1. The number of nitrogens with one attached hydrogen (secondary N) is 2. The van der Waals surface area contributed by atoms with Gasteiger partial charge in [0.05, 0.1) is 36.3 Å². The van der Waals surface area contributed by atoms with Crippen LogP contribution in [-0.2, 0) is 11.2 Å². The van der Waals surface area contributed by atoms with E-state index in [4.69, 9.17) is 0 Å². The lowest BCUT2D eigenvalue weighted by molar-refractivity contribution is -0.115. The molecule has 0 aliphatic carbocycles. The van der Waals surface area contributed by atoms with Crippen molar-refractivity contribution in [1.82, 2.24) is 19.6 Å². The van der Waals surface area contributed by atoms with Crippen LogP contribution in [0, 0.1) is 0 Å². The van der Waals surface area contributed by atoms with Crippen LogP contribution in [0.5, 0.6) is 0 Å². The second kappa shape index (κ2) is 6.00. The van der Waals surface area contributed by atoms with E-state index in [2.05, 4.69) is 20.5 Å². The number of fused-ring (bicyclic) bond motifs is 1. The lowest BCUT2D eigenvalue weighted by atomic mass is 10.0. The fourth-order valence-corrected chi connectivity index (χ4v) is 2.79. The number of aromatic nitrogens is 4. The van der Waals surface area contributed by atoms with Gasteiger partial charge in [-0.3, -0.25) is 9.89 Å². The molecule has 3 heterocycles. The summed E-state index contributed by atoms with van der Waals surface area (Å²) >= 11 is 0. The molecule has 6 heteroatoms. The van der Waals surface area contributed by atoms with Crippen LogP contribution in [0.1, 0.15) is 5.69 Å². The van der Waals surface area contributed by atoms with E-state index < -0.39 is 0 Å². The Labute approximate surface area is 138 Å². The first kappa shape index (κ1) is 14.2. The highest BCUT2D eigenvalue weighted by atomic mass is 16.1. The Morgan fingerprint density at radius 2 is 2.00 bits per heavy atom. The lowest BCUT2D eigenvalue weighted by Gasteiger charge is -2.12. The zero-order valence-electron chi connectivity index (χ0n) is 12.8. The Balaban J connectivity index is 1.74. The standard InChI is InChI=1S/C18H15N5O/c24-18(22-14-9-20-21-10-14)8-17-16(13-4-2-1-3-5-13)7-6-15-11-19-12-23(15)17/h1-7,9-12H,8H2,(H,20,21)(H,22,24). The largest absolute Gasteiger partial charge is 0.323 e. The summed E-state index contributed by atoms with van der Waals surface area (Å²) < 4.78 is 1.96. The number of nitrogens with zero attached hydrogens (tertiary/aromatic N) is 3. The topological polar surface area (TPSA) is 75.1 Å². The van der Waals surface area contributed by atoms with Gasteiger partial charge in [-0.15, -0.1) is 0 Å². The monoisotopic (exact) mass is 317 g/mol. The van der Waals surface area contributed by atoms with Crippen LogP contribution in [0.4, 0.5) is 5.69 Å². The van der Waals surface area contributed by atoms with Gasteiger partial charge in [-0.1, -0.05) is 36.4 Å². The molecule has 0 radical (unpaired) electrons. The maximum absolute atomic E-state index is 12.4. The number of imidazole rings is 1. The number of amides is 1. The van der Waals surface area contributed by atoms with Gasteiger partial charge in [-0.05, 0) is 11.6 Å². The molecule has 3 aromatic heterocycles. The number of anilines is 1. The molecule has 1 amide bonds. The molecule has 24 heavy (non-hydrogen) atoms. The Morgan fingerprint density at radius 1 is 1.12 bits per heavy atom. The third-order valence-corrected chi connectivity index (χ3v) is 3.88. The minimum absolute atomic E-state index is 0.102. The molecule has 0 aliphatic rings. The van der Waals surface area contributed by atoms with Crippen LogP contribution in [0.2, 0.25) is 0 Å². The maximum atomic E-state index is 12.4. The predicted molar refractivity (Wildman–Crippen MR) is 91.5 cm³/mol. The Kier molecular flexibility index (Phi) is 3.55. The molecule has 0 bridgehead atoms. The quantitative estimate of drug-likeness (QED) is 0.608. The summed E-state index contributed by atoms with van der Waals surface area (Å²) in [4.78, 5) is 16.6. The molecular weight excluding hydrogens is 302 g/mol. The highest BCUT2D eigenvalue weighted by molar-refractivity contribution is 5.93. The molecule has 4 rings (SSSR count). The molecule has 0 saturated carbocycles. The number of carbonyl (C=O) groups excluding carboxylic acids is 1. The number of benzene rings is 1. The van der Waals surface area contributed by atoms with Crippen molar-refractivity contribution in [2.75, 3.05) is 5.32 Å². The first-order chi connectivity index (χ1) is 11.8. The maximum Gasteiger partial charge on any atom is 0.230 e. The SMILES string of the molecule is O=C(Cc1c(-c2ccccc2)ccc2cncn12)Nc1cn[nH]c1. The van der Waals surface area contributed by atoms with E-state index >= 15 is 0 Å². The van der Waals surface area contributed by atoms with Crippen molar-refractivity contribution in [2.24, 2.45) is 0 Å². The normalized spacial score (nSPS) is 10.8. The Bertz CT molecular complexity index is 973. The molecular formula is C18H15N5O. The fourth-order valence-electron chi connectivity index (χ4n) is 2.79. The molecule has 0 spiro atoms. The van der Waals surface area contributed by atoms with Gasteiger partial charge in [0.1, 0.15) is 0 Å². The highest BCUT2D eigenvalue weighted by Gasteiger charge is 2.14. The van der Waals surface area contributed by atoms with Gasteiger partial charge in [0.2, 0.25) is 5.91 Å². The summed E-state index contributed by atoms with van der Waals surface area (Å²) in [6.45, 7) is 0. The van der Waals surface area contributed by atoms with Gasteiger partial charge >= 0.3 is 0 Å².